The van der Waals surface area contributed by atoms with Gasteiger partial charge < -0.3 is 20.4 Å². The summed E-state index contributed by atoms with van der Waals surface area (Å²) in [6.45, 7) is 1.95. The molecule has 2 heterocycles. The van der Waals surface area contributed by atoms with Gasteiger partial charge in [-0.15, -0.1) is 11.3 Å². The number of nitrogens with one attached hydrogen (secondary N) is 1. The average Bonchev–Trinajstić information content (AvgIpc) is 3.49. The second-order valence-corrected chi connectivity index (χ2v) is 11.2. The van der Waals surface area contributed by atoms with Gasteiger partial charge in [0, 0.05) is 35.3 Å². The van der Waals surface area contributed by atoms with Gasteiger partial charge in [-0.1, -0.05) is 12.1 Å². The maximum atomic E-state index is 14.2. The summed E-state index contributed by atoms with van der Waals surface area (Å²) in [4.78, 5) is 42.3. The summed E-state index contributed by atoms with van der Waals surface area (Å²) >= 11 is 0.421. The zero-order valence-electron chi connectivity index (χ0n) is 21.5. The molecule has 42 heavy (non-hydrogen) atoms. The van der Waals surface area contributed by atoms with Crippen molar-refractivity contribution < 1.29 is 59.7 Å². The summed E-state index contributed by atoms with van der Waals surface area (Å²) in [6.07, 6.45) is -14.9. The van der Waals surface area contributed by atoms with Crippen LogP contribution >= 0.6 is 11.3 Å². The molecule has 8 nitrogen and oxygen atoms in total. The number of aliphatic carboxylic acids is 1. The Kier molecular flexibility index (Phi) is 8.32. The van der Waals surface area contributed by atoms with Crippen LogP contribution in [0.1, 0.15) is 70.4 Å². The molecule has 1 aliphatic carbocycles. The number of thiazole rings is 1. The van der Waals surface area contributed by atoms with Crippen molar-refractivity contribution in [2.45, 2.75) is 69.1 Å². The zero-order chi connectivity index (χ0) is 31.4. The maximum Gasteiger partial charge on any atom is 0.430 e. The van der Waals surface area contributed by atoms with Crippen molar-refractivity contribution in [3.05, 3.63) is 40.0 Å². The second-order valence-electron chi connectivity index (χ2n) is 10.2. The van der Waals surface area contributed by atoms with E-state index in [9.17, 15) is 54.6 Å². The van der Waals surface area contributed by atoms with Gasteiger partial charge in [0.2, 0.25) is 0 Å². The van der Waals surface area contributed by atoms with Gasteiger partial charge in [-0.3, -0.25) is 14.4 Å². The van der Waals surface area contributed by atoms with Crippen molar-refractivity contribution in [1.29, 1.82) is 0 Å². The van der Waals surface area contributed by atoms with E-state index in [0.29, 0.717) is 30.2 Å². The van der Waals surface area contributed by atoms with Crippen LogP contribution in [-0.2, 0) is 10.4 Å². The summed E-state index contributed by atoms with van der Waals surface area (Å²) < 4.78 is 109. The van der Waals surface area contributed by atoms with Crippen LogP contribution < -0.4 is 5.32 Å². The summed E-state index contributed by atoms with van der Waals surface area (Å²) in [6, 6.07) is -0.329. The number of alkyl halides is 8. The van der Waals surface area contributed by atoms with Crippen LogP contribution in [0.5, 0.6) is 0 Å². The number of amides is 2. The number of hydrogen-bond acceptors (Lipinski definition) is 6. The smallest absolute Gasteiger partial charge is 0.430 e. The van der Waals surface area contributed by atoms with Crippen LogP contribution in [0.3, 0.4) is 0 Å². The zero-order valence-corrected chi connectivity index (χ0v) is 22.3. The minimum Gasteiger partial charge on any atom is -0.481 e. The Morgan fingerprint density at radius 2 is 1.71 bits per heavy atom. The fourth-order valence-corrected chi connectivity index (χ4v) is 5.97. The van der Waals surface area contributed by atoms with Gasteiger partial charge in [0.15, 0.2) is 5.01 Å². The monoisotopic (exact) mass is 629 g/mol. The molecule has 1 saturated heterocycles. The average molecular weight is 630 g/mol. The van der Waals surface area contributed by atoms with E-state index >= 15 is 0 Å². The van der Waals surface area contributed by atoms with Crippen molar-refractivity contribution in [2.24, 2.45) is 5.92 Å². The SMILES string of the molecule is C[C@H]1CCCN1C(=O)c1nc(C(=O)NC2CC(C(=O)O)C2)sc1-c1ccc(C(O)(C(F)(F)F)C(F)(F)F)cc1C(F)F. The molecule has 2 fully saturated rings. The molecule has 1 aromatic carbocycles. The van der Waals surface area contributed by atoms with Crippen molar-refractivity contribution >= 4 is 29.1 Å². The third-order valence-corrected chi connectivity index (χ3v) is 8.52. The molecule has 0 radical (unpaired) electrons. The van der Waals surface area contributed by atoms with Crippen molar-refractivity contribution in [2.75, 3.05) is 6.54 Å². The van der Waals surface area contributed by atoms with E-state index < -0.39 is 86.4 Å². The number of carboxylic acid groups (broad SMARTS) is 1. The number of hydrogen-bond donors (Lipinski definition) is 3. The first-order chi connectivity index (χ1) is 19.4. The first-order valence-electron chi connectivity index (χ1n) is 12.5. The number of benzene rings is 1. The number of nitrogens with zero attached hydrogens (tertiary/aromatic N) is 2. The summed E-state index contributed by atoms with van der Waals surface area (Å²) in [5.41, 5.74) is -9.90. The van der Waals surface area contributed by atoms with E-state index in [4.69, 9.17) is 5.11 Å². The Morgan fingerprint density at radius 3 is 2.21 bits per heavy atom. The lowest BCUT2D eigenvalue weighted by Crippen LogP contribution is -2.54. The van der Waals surface area contributed by atoms with Crippen molar-refractivity contribution in [1.82, 2.24) is 15.2 Å². The quantitative estimate of drug-likeness (QED) is 0.359. The molecule has 1 atom stereocenters. The van der Waals surface area contributed by atoms with Crippen LogP contribution in [-0.4, -0.2) is 68.9 Å². The van der Waals surface area contributed by atoms with Crippen molar-refractivity contribution in [3.8, 4) is 10.4 Å². The minimum atomic E-state index is -6.32. The Balaban J connectivity index is 1.81. The molecule has 0 unspecified atom stereocenters. The van der Waals surface area contributed by atoms with E-state index in [1.165, 1.54) is 4.90 Å². The number of likely N-dealkylation sites (tertiary alicyclic amines) is 1. The first-order valence-corrected chi connectivity index (χ1v) is 13.3. The van der Waals surface area contributed by atoms with Gasteiger partial charge in [0.1, 0.15) is 5.69 Å². The molecule has 2 aromatic rings. The van der Waals surface area contributed by atoms with Gasteiger partial charge in [0.05, 0.1) is 10.8 Å². The number of carboxylic acids is 1. The van der Waals surface area contributed by atoms with E-state index in [2.05, 4.69) is 10.3 Å². The third-order valence-electron chi connectivity index (χ3n) is 7.43. The number of rotatable bonds is 7. The van der Waals surface area contributed by atoms with E-state index in [1.54, 1.807) is 6.92 Å². The lowest BCUT2D eigenvalue weighted by molar-refractivity contribution is -0.376. The Labute approximate surface area is 236 Å². The normalized spacial score (nSPS) is 21.4. The molecule has 2 amide bonds. The summed E-state index contributed by atoms with van der Waals surface area (Å²) in [7, 11) is 0. The van der Waals surface area contributed by atoms with Crippen LogP contribution in [0.4, 0.5) is 35.1 Å². The first kappa shape index (κ1) is 31.6. The van der Waals surface area contributed by atoms with E-state index in [1.807, 2.05) is 0 Å². The number of carbonyl (C=O) groups excluding carboxylic acids is 2. The molecule has 1 aromatic heterocycles. The van der Waals surface area contributed by atoms with Crippen LogP contribution in [0.25, 0.3) is 10.4 Å². The Hall–Kier alpha value is -3.34. The van der Waals surface area contributed by atoms with E-state index in [0.717, 1.165) is 0 Å². The summed E-state index contributed by atoms with van der Waals surface area (Å²) in [5, 5.41) is 20.8. The number of aromatic nitrogens is 1. The molecule has 17 heteroatoms. The molecule has 4 rings (SSSR count). The van der Waals surface area contributed by atoms with Gasteiger partial charge in [-0.25, -0.2) is 13.8 Å². The van der Waals surface area contributed by atoms with Crippen LogP contribution in [0.2, 0.25) is 0 Å². The Bertz CT molecular complexity index is 1370. The number of carbonyl (C=O) groups is 3. The van der Waals surface area contributed by atoms with Gasteiger partial charge in [0.25, 0.3) is 23.8 Å². The molecule has 230 valence electrons. The van der Waals surface area contributed by atoms with E-state index in [-0.39, 0.29) is 37.6 Å². The molecular formula is C25H23F8N3O5S. The van der Waals surface area contributed by atoms with Gasteiger partial charge in [-0.2, -0.15) is 26.3 Å². The topological polar surface area (TPSA) is 120 Å². The maximum absolute atomic E-state index is 14.2. The third kappa shape index (κ3) is 5.55. The lowest BCUT2D eigenvalue weighted by Gasteiger charge is -2.33. The minimum absolute atomic E-state index is 0.106. The highest BCUT2D eigenvalue weighted by Gasteiger charge is 2.71. The van der Waals surface area contributed by atoms with Crippen molar-refractivity contribution in [3.63, 3.8) is 0 Å². The molecule has 1 saturated carbocycles. The number of halogens is 8. The van der Waals surface area contributed by atoms with Gasteiger partial charge in [-0.05, 0) is 38.7 Å². The highest BCUT2D eigenvalue weighted by molar-refractivity contribution is 7.17. The molecule has 0 spiro atoms. The largest absolute Gasteiger partial charge is 0.481 e. The predicted octanol–water partition coefficient (Wildman–Crippen LogP) is 5.28. The van der Waals surface area contributed by atoms with Crippen LogP contribution in [0, 0.1) is 5.92 Å². The summed E-state index contributed by atoms with van der Waals surface area (Å²) in [5.74, 6) is -3.40. The highest BCUT2D eigenvalue weighted by atomic mass is 32.1. The molecule has 0 bridgehead atoms. The fraction of sp³-hybridized carbons (Fsp3) is 0.520. The predicted molar refractivity (Wildman–Crippen MR) is 130 cm³/mol. The standard InChI is InChI=1S/C25H23F8N3O5S/c1-10-3-2-6-36(10)21(38)16-17(42-20(35-16)19(37)34-13-7-11(8-13)22(39)40)14-5-4-12(9-15(14)18(26)27)23(41,24(28,29)30)25(31,32)33/h4-5,9-11,13,18,41H,2-3,6-8H2,1H3,(H,34,37)(H,39,40)/t10-,11?,13?/m0/s1. The van der Waals surface area contributed by atoms with Gasteiger partial charge >= 0.3 is 18.3 Å². The molecule has 3 N–H and O–H groups in total. The number of aliphatic hydroxyl groups is 1. The molecule has 2 aliphatic rings. The van der Waals surface area contributed by atoms with Crippen LogP contribution in [0.15, 0.2) is 18.2 Å². The second kappa shape index (κ2) is 11.1. The lowest BCUT2D eigenvalue weighted by atomic mass is 9.80. The highest BCUT2D eigenvalue weighted by Crippen LogP contribution is 2.51. The Morgan fingerprint density at radius 1 is 1.10 bits per heavy atom. The molecule has 1 aliphatic heterocycles. The fourth-order valence-electron chi connectivity index (χ4n) is 4.96. The molecular weight excluding hydrogens is 606 g/mol.